The molecule has 0 saturated heterocycles. The summed E-state index contributed by atoms with van der Waals surface area (Å²) in [6.07, 6.45) is -4.90. The number of anilines is 1. The van der Waals surface area contributed by atoms with Gasteiger partial charge in [0.1, 0.15) is 23.3 Å². The Hall–Kier alpha value is -4.38. The van der Waals surface area contributed by atoms with Crippen molar-refractivity contribution in [2.75, 3.05) is 12.0 Å². The van der Waals surface area contributed by atoms with Gasteiger partial charge in [-0.05, 0) is 55.5 Å². The van der Waals surface area contributed by atoms with Gasteiger partial charge >= 0.3 is 6.36 Å². The maximum absolute atomic E-state index is 13.7. The van der Waals surface area contributed by atoms with Gasteiger partial charge in [0, 0.05) is 22.2 Å². The monoisotopic (exact) mass is 547 g/mol. The number of aryl methyl sites for hydroxylation is 1. The maximum atomic E-state index is 13.7. The van der Waals surface area contributed by atoms with Crippen molar-refractivity contribution < 1.29 is 46.2 Å². The average Bonchev–Trinajstić information content (AvgIpc) is 3.54. The molecule has 0 radical (unpaired) electrons. The molecule has 0 bridgehead atoms. The van der Waals surface area contributed by atoms with Crippen LogP contribution in [0.5, 0.6) is 11.5 Å². The molecule has 4 aromatic rings. The van der Waals surface area contributed by atoms with Gasteiger partial charge in [0.05, 0.1) is 12.7 Å². The smallest absolute Gasteiger partial charge is 0.503 e. The van der Waals surface area contributed by atoms with Crippen molar-refractivity contribution in [2.24, 2.45) is 0 Å². The van der Waals surface area contributed by atoms with E-state index in [1.807, 2.05) is 0 Å². The molecule has 2 aromatic carbocycles. The number of ether oxygens (including phenoxy) is 2. The molecule has 1 aliphatic heterocycles. The quantitative estimate of drug-likeness (QED) is 0.269. The third-order valence-corrected chi connectivity index (χ3v) is 6.04. The number of hydrogen-bond acceptors (Lipinski definition) is 7. The Morgan fingerprint density at radius 3 is 2.39 bits per heavy atom. The Morgan fingerprint density at radius 1 is 1.08 bits per heavy atom. The number of aliphatic hydroxyl groups is 1. The van der Waals surface area contributed by atoms with E-state index in [4.69, 9.17) is 25.2 Å². The summed E-state index contributed by atoms with van der Waals surface area (Å²) in [6, 6.07) is 10.7. The van der Waals surface area contributed by atoms with E-state index >= 15 is 0 Å². The zero-order valence-electron chi connectivity index (χ0n) is 19.6. The number of alkyl halides is 3. The lowest BCUT2D eigenvalue weighted by molar-refractivity contribution is -0.274. The van der Waals surface area contributed by atoms with Crippen molar-refractivity contribution in [3.63, 3.8) is 0 Å². The van der Waals surface area contributed by atoms with Gasteiger partial charge < -0.3 is 23.4 Å². The van der Waals surface area contributed by atoms with Crippen LogP contribution in [0.2, 0.25) is 5.02 Å². The summed E-state index contributed by atoms with van der Waals surface area (Å²) in [5.41, 5.74) is -0.0350. The van der Waals surface area contributed by atoms with E-state index in [0.717, 1.165) is 17.0 Å². The number of nitrogens with zero attached hydrogens (tertiary/aromatic N) is 1. The van der Waals surface area contributed by atoms with Crippen LogP contribution in [0.4, 0.5) is 18.9 Å². The molecular weight excluding hydrogens is 531 g/mol. The molecule has 1 N–H and O–H groups in total. The largest absolute Gasteiger partial charge is 0.573 e. The van der Waals surface area contributed by atoms with Crippen molar-refractivity contribution in [2.45, 2.75) is 19.3 Å². The second-order valence-electron chi connectivity index (χ2n) is 8.30. The third-order valence-electron chi connectivity index (χ3n) is 5.82. The number of methoxy groups -OCH3 is 1. The van der Waals surface area contributed by atoms with Crippen LogP contribution in [-0.2, 0) is 4.79 Å². The van der Waals surface area contributed by atoms with Gasteiger partial charge in [-0.1, -0.05) is 11.6 Å². The second-order valence-corrected chi connectivity index (χ2v) is 8.73. The number of furan rings is 2. The molecule has 1 aliphatic rings. The van der Waals surface area contributed by atoms with Gasteiger partial charge in [0.15, 0.2) is 22.9 Å². The number of hydrogen-bond donors (Lipinski definition) is 1. The van der Waals surface area contributed by atoms with Crippen molar-refractivity contribution in [3.8, 4) is 11.5 Å². The number of carbonyl (C=O) groups excluding carboxylic acids is 2. The molecule has 0 spiro atoms. The molecule has 5 rings (SSSR count). The number of carbonyl (C=O) groups is 2. The maximum Gasteiger partial charge on any atom is 0.573 e. The Kier molecular flexibility index (Phi) is 6.10. The van der Waals surface area contributed by atoms with E-state index in [0.29, 0.717) is 16.2 Å². The molecule has 0 fully saturated rings. The summed E-state index contributed by atoms with van der Waals surface area (Å²) in [4.78, 5) is 27.9. The van der Waals surface area contributed by atoms with Crippen LogP contribution in [-0.4, -0.2) is 30.3 Å². The SMILES string of the molecule is COc1cc(Cl)cc2cc(C(=O)C3=C(O)C(=O)N(c4ccc(OC(F)(F)F)cc4)C3c3ccc(C)o3)oc12. The fourth-order valence-corrected chi connectivity index (χ4v) is 4.48. The first-order valence-corrected chi connectivity index (χ1v) is 11.3. The molecule has 8 nitrogen and oxygen atoms in total. The summed E-state index contributed by atoms with van der Waals surface area (Å²) >= 11 is 6.11. The van der Waals surface area contributed by atoms with Gasteiger partial charge in [-0.3, -0.25) is 14.5 Å². The van der Waals surface area contributed by atoms with Crippen LogP contribution >= 0.6 is 11.6 Å². The number of halogens is 4. The first-order valence-electron chi connectivity index (χ1n) is 11.0. The Bertz CT molecular complexity index is 1600. The van der Waals surface area contributed by atoms with Crippen LogP contribution in [0.15, 0.2) is 74.8 Å². The number of amides is 1. The number of fused-ring (bicyclic) bond motifs is 1. The zero-order valence-corrected chi connectivity index (χ0v) is 20.4. The lowest BCUT2D eigenvalue weighted by Crippen LogP contribution is -2.30. The Balaban J connectivity index is 1.59. The topological polar surface area (TPSA) is 102 Å². The zero-order chi connectivity index (χ0) is 27.4. The highest BCUT2D eigenvalue weighted by atomic mass is 35.5. The number of aliphatic hydroxyl groups excluding tert-OH is 1. The summed E-state index contributed by atoms with van der Waals surface area (Å²) in [6.45, 7) is 1.65. The van der Waals surface area contributed by atoms with E-state index in [1.54, 1.807) is 19.1 Å². The summed E-state index contributed by atoms with van der Waals surface area (Å²) < 4.78 is 58.4. The number of benzene rings is 2. The van der Waals surface area contributed by atoms with Crippen LogP contribution in [0.3, 0.4) is 0 Å². The fraction of sp³-hybridized carbons (Fsp3) is 0.154. The predicted molar refractivity (Wildman–Crippen MR) is 129 cm³/mol. The first-order chi connectivity index (χ1) is 18.0. The molecular formula is C26H17ClF3NO7. The van der Waals surface area contributed by atoms with E-state index in [2.05, 4.69) is 4.74 Å². The Labute approximate surface area is 217 Å². The minimum absolute atomic E-state index is 0.0796. The lowest BCUT2D eigenvalue weighted by atomic mass is 9.99. The van der Waals surface area contributed by atoms with Gasteiger partial charge in [0.2, 0.25) is 5.78 Å². The predicted octanol–water partition coefficient (Wildman–Crippen LogP) is 6.68. The molecule has 2 aromatic heterocycles. The highest BCUT2D eigenvalue weighted by Crippen LogP contribution is 2.44. The highest BCUT2D eigenvalue weighted by Gasteiger charge is 2.47. The Morgan fingerprint density at radius 2 is 1.79 bits per heavy atom. The third kappa shape index (κ3) is 4.45. The van der Waals surface area contributed by atoms with Crippen LogP contribution < -0.4 is 14.4 Å². The summed E-state index contributed by atoms with van der Waals surface area (Å²) in [5, 5.41) is 11.6. The minimum Gasteiger partial charge on any atom is -0.503 e. The molecule has 0 aliphatic carbocycles. The van der Waals surface area contributed by atoms with Crippen molar-refractivity contribution >= 4 is 39.9 Å². The van der Waals surface area contributed by atoms with E-state index in [9.17, 15) is 27.9 Å². The normalized spacial score (nSPS) is 16.0. The number of Topliss-reactive ketones (excluding diaryl/α,β-unsaturated/α-hetero) is 1. The van der Waals surface area contributed by atoms with Crippen LogP contribution in [0.25, 0.3) is 11.0 Å². The van der Waals surface area contributed by atoms with Gasteiger partial charge in [-0.15, -0.1) is 13.2 Å². The molecule has 0 saturated carbocycles. The molecule has 3 heterocycles. The van der Waals surface area contributed by atoms with E-state index < -0.39 is 35.6 Å². The average molecular weight is 548 g/mol. The first kappa shape index (κ1) is 25.3. The van der Waals surface area contributed by atoms with Crippen molar-refractivity contribution in [1.82, 2.24) is 0 Å². The van der Waals surface area contributed by atoms with Crippen LogP contribution in [0.1, 0.15) is 28.1 Å². The fourth-order valence-electron chi connectivity index (χ4n) is 4.26. The molecule has 1 unspecified atom stereocenters. The molecule has 1 amide bonds. The molecule has 1 atom stereocenters. The summed E-state index contributed by atoms with van der Waals surface area (Å²) in [5.74, 6) is -2.50. The van der Waals surface area contributed by atoms with E-state index in [1.165, 1.54) is 37.4 Å². The summed E-state index contributed by atoms with van der Waals surface area (Å²) in [7, 11) is 1.40. The van der Waals surface area contributed by atoms with Gasteiger partial charge in [-0.25, -0.2) is 0 Å². The van der Waals surface area contributed by atoms with Gasteiger partial charge in [-0.2, -0.15) is 0 Å². The minimum atomic E-state index is -4.90. The number of ketones is 1. The lowest BCUT2D eigenvalue weighted by Gasteiger charge is -2.25. The van der Waals surface area contributed by atoms with Crippen LogP contribution in [0, 0.1) is 6.92 Å². The molecule has 196 valence electrons. The molecule has 38 heavy (non-hydrogen) atoms. The highest BCUT2D eigenvalue weighted by molar-refractivity contribution is 6.31. The van der Waals surface area contributed by atoms with Gasteiger partial charge in [0.25, 0.3) is 5.91 Å². The standard InChI is InChI=1S/C26H17ClF3NO7/c1-12-3-8-17(36-12)21-20(22(32)18-10-13-9-14(27)11-19(35-2)24(13)37-18)23(33)25(34)31(21)15-4-6-16(7-5-15)38-26(28,29)30/h3-11,21,33H,1-2H3. The molecule has 12 heteroatoms. The van der Waals surface area contributed by atoms with Crippen molar-refractivity contribution in [1.29, 1.82) is 0 Å². The van der Waals surface area contributed by atoms with Crippen molar-refractivity contribution in [3.05, 3.63) is 88.2 Å². The second kappa shape index (κ2) is 9.18. The van der Waals surface area contributed by atoms with E-state index in [-0.39, 0.29) is 34.1 Å². The number of rotatable bonds is 6.